The number of hydrogen-bond acceptors (Lipinski definition) is 5. The van der Waals surface area contributed by atoms with E-state index in [1.54, 1.807) is 55.6 Å². The Balaban J connectivity index is 1.45. The van der Waals surface area contributed by atoms with Crippen LogP contribution in [-0.2, 0) is 9.53 Å². The Labute approximate surface area is 164 Å². The molecule has 1 aliphatic heterocycles. The zero-order valence-electron chi connectivity index (χ0n) is 15.9. The molecule has 148 valence electrons. The fraction of sp³-hybridized carbons (Fsp3) is 0.333. The summed E-state index contributed by atoms with van der Waals surface area (Å²) in [4.78, 5) is 24.3. The van der Waals surface area contributed by atoms with Gasteiger partial charge in [0.05, 0.1) is 19.8 Å². The maximum absolute atomic E-state index is 12.3. The number of rotatable bonds is 8. The van der Waals surface area contributed by atoms with E-state index >= 15 is 0 Å². The Morgan fingerprint density at radius 3 is 2.36 bits per heavy atom. The molecule has 0 radical (unpaired) electrons. The van der Waals surface area contributed by atoms with Gasteiger partial charge < -0.3 is 25.4 Å². The summed E-state index contributed by atoms with van der Waals surface area (Å²) in [7, 11) is 1.59. The molecule has 7 heteroatoms. The molecular formula is C21H25N3O4. The molecule has 1 saturated heterocycles. The van der Waals surface area contributed by atoms with Crippen LogP contribution in [0.25, 0.3) is 0 Å². The molecule has 7 nitrogen and oxygen atoms in total. The molecule has 0 saturated carbocycles. The van der Waals surface area contributed by atoms with Crippen LogP contribution in [0.1, 0.15) is 23.2 Å². The lowest BCUT2D eigenvalue weighted by Gasteiger charge is -2.11. The smallest absolute Gasteiger partial charge is 0.255 e. The summed E-state index contributed by atoms with van der Waals surface area (Å²) < 4.78 is 10.6. The van der Waals surface area contributed by atoms with E-state index < -0.39 is 0 Å². The first-order valence-corrected chi connectivity index (χ1v) is 9.31. The number of carbonyl (C=O) groups is 2. The third-order valence-electron chi connectivity index (χ3n) is 4.46. The second-order valence-corrected chi connectivity index (χ2v) is 6.57. The largest absolute Gasteiger partial charge is 0.497 e. The summed E-state index contributed by atoms with van der Waals surface area (Å²) in [5.41, 5.74) is 1.83. The summed E-state index contributed by atoms with van der Waals surface area (Å²) in [5.74, 6) is 0.373. The maximum atomic E-state index is 12.3. The molecule has 1 heterocycles. The topological polar surface area (TPSA) is 88.7 Å². The van der Waals surface area contributed by atoms with Crippen molar-refractivity contribution in [3.8, 4) is 5.75 Å². The first kappa shape index (κ1) is 19.9. The Bertz CT molecular complexity index is 784. The molecule has 0 bridgehead atoms. The Kier molecular flexibility index (Phi) is 7.00. The van der Waals surface area contributed by atoms with Crippen LogP contribution in [0, 0.1) is 0 Å². The van der Waals surface area contributed by atoms with Crippen LogP contribution in [0.15, 0.2) is 48.5 Å². The minimum atomic E-state index is -0.221. The Hall–Kier alpha value is -2.90. The third kappa shape index (κ3) is 5.80. The molecule has 0 aliphatic carbocycles. The molecule has 0 spiro atoms. The van der Waals surface area contributed by atoms with Crippen molar-refractivity contribution in [2.45, 2.75) is 18.9 Å². The van der Waals surface area contributed by atoms with Crippen molar-refractivity contribution in [2.24, 2.45) is 0 Å². The molecule has 28 heavy (non-hydrogen) atoms. The number of ether oxygens (including phenoxy) is 2. The van der Waals surface area contributed by atoms with E-state index in [1.165, 1.54) is 0 Å². The zero-order chi connectivity index (χ0) is 19.8. The molecule has 1 unspecified atom stereocenters. The van der Waals surface area contributed by atoms with E-state index in [2.05, 4.69) is 16.0 Å². The average Bonchev–Trinajstić information content (AvgIpc) is 3.22. The summed E-state index contributed by atoms with van der Waals surface area (Å²) >= 11 is 0. The van der Waals surface area contributed by atoms with E-state index in [4.69, 9.17) is 9.47 Å². The predicted octanol–water partition coefficient (Wildman–Crippen LogP) is 2.65. The SMILES string of the molecule is COc1ccc(NC(=O)c2ccc(NC(=O)CNCC3CCCO3)cc2)cc1. The van der Waals surface area contributed by atoms with Gasteiger partial charge in [0.1, 0.15) is 5.75 Å². The van der Waals surface area contributed by atoms with Gasteiger partial charge in [-0.05, 0) is 61.4 Å². The van der Waals surface area contributed by atoms with E-state index in [1.807, 2.05) is 0 Å². The van der Waals surface area contributed by atoms with Gasteiger partial charge in [0, 0.05) is 30.1 Å². The van der Waals surface area contributed by atoms with Crippen LogP contribution in [0.3, 0.4) is 0 Å². The highest BCUT2D eigenvalue weighted by molar-refractivity contribution is 6.04. The van der Waals surface area contributed by atoms with Gasteiger partial charge in [0.25, 0.3) is 5.91 Å². The van der Waals surface area contributed by atoms with Gasteiger partial charge in [-0.2, -0.15) is 0 Å². The number of anilines is 2. The van der Waals surface area contributed by atoms with Crippen molar-refractivity contribution < 1.29 is 19.1 Å². The standard InChI is InChI=1S/C21H25N3O4/c1-27-18-10-8-17(9-11-18)24-21(26)15-4-6-16(7-5-15)23-20(25)14-22-13-19-3-2-12-28-19/h4-11,19,22H,2-3,12-14H2,1H3,(H,23,25)(H,24,26). The van der Waals surface area contributed by atoms with Crippen LogP contribution in [-0.4, -0.2) is 44.7 Å². The molecule has 2 aromatic rings. The number of hydrogen-bond donors (Lipinski definition) is 3. The quantitative estimate of drug-likeness (QED) is 0.652. The van der Waals surface area contributed by atoms with Crippen molar-refractivity contribution in [3.05, 3.63) is 54.1 Å². The minimum absolute atomic E-state index is 0.131. The molecule has 2 aromatic carbocycles. The van der Waals surface area contributed by atoms with Gasteiger partial charge in [-0.1, -0.05) is 0 Å². The van der Waals surface area contributed by atoms with Crippen molar-refractivity contribution in [1.29, 1.82) is 0 Å². The minimum Gasteiger partial charge on any atom is -0.497 e. The van der Waals surface area contributed by atoms with Gasteiger partial charge >= 0.3 is 0 Å². The number of amides is 2. The lowest BCUT2D eigenvalue weighted by molar-refractivity contribution is -0.115. The number of carbonyl (C=O) groups excluding carboxylic acids is 2. The van der Waals surface area contributed by atoms with Gasteiger partial charge in [-0.15, -0.1) is 0 Å². The highest BCUT2D eigenvalue weighted by Gasteiger charge is 2.15. The molecule has 0 aromatic heterocycles. The first-order chi connectivity index (χ1) is 13.6. The zero-order valence-corrected chi connectivity index (χ0v) is 15.9. The van der Waals surface area contributed by atoms with Gasteiger partial charge in [0.15, 0.2) is 0 Å². The second-order valence-electron chi connectivity index (χ2n) is 6.57. The van der Waals surface area contributed by atoms with E-state index in [9.17, 15) is 9.59 Å². The van der Waals surface area contributed by atoms with E-state index in [0.29, 0.717) is 23.5 Å². The highest BCUT2D eigenvalue weighted by Crippen LogP contribution is 2.17. The number of benzene rings is 2. The molecular weight excluding hydrogens is 358 g/mol. The first-order valence-electron chi connectivity index (χ1n) is 9.31. The Morgan fingerprint density at radius 2 is 1.71 bits per heavy atom. The number of methoxy groups -OCH3 is 1. The summed E-state index contributed by atoms with van der Waals surface area (Å²) in [6.07, 6.45) is 2.32. The molecule has 3 rings (SSSR count). The lowest BCUT2D eigenvalue weighted by Crippen LogP contribution is -2.33. The molecule has 1 aliphatic rings. The van der Waals surface area contributed by atoms with E-state index in [0.717, 1.165) is 25.2 Å². The summed E-state index contributed by atoms with van der Waals surface area (Å²) in [6.45, 7) is 1.70. The van der Waals surface area contributed by atoms with Crippen molar-refractivity contribution >= 4 is 23.2 Å². The summed E-state index contributed by atoms with van der Waals surface area (Å²) in [5, 5.41) is 8.73. The molecule has 2 amide bonds. The van der Waals surface area contributed by atoms with Crippen LogP contribution in [0.4, 0.5) is 11.4 Å². The fourth-order valence-corrected chi connectivity index (χ4v) is 2.94. The van der Waals surface area contributed by atoms with E-state index in [-0.39, 0.29) is 24.5 Å². The van der Waals surface area contributed by atoms with Gasteiger partial charge in [-0.25, -0.2) is 0 Å². The fourth-order valence-electron chi connectivity index (χ4n) is 2.94. The molecule has 3 N–H and O–H groups in total. The monoisotopic (exact) mass is 383 g/mol. The predicted molar refractivity (Wildman–Crippen MR) is 108 cm³/mol. The van der Waals surface area contributed by atoms with Gasteiger partial charge in [0.2, 0.25) is 5.91 Å². The third-order valence-corrected chi connectivity index (χ3v) is 4.46. The van der Waals surface area contributed by atoms with Crippen LogP contribution in [0.5, 0.6) is 5.75 Å². The second kappa shape index (κ2) is 9.87. The Morgan fingerprint density at radius 1 is 1.04 bits per heavy atom. The maximum Gasteiger partial charge on any atom is 0.255 e. The molecule has 1 atom stereocenters. The van der Waals surface area contributed by atoms with Gasteiger partial charge in [-0.3, -0.25) is 9.59 Å². The van der Waals surface area contributed by atoms with Crippen molar-refractivity contribution in [3.63, 3.8) is 0 Å². The summed E-state index contributed by atoms with van der Waals surface area (Å²) in [6, 6.07) is 13.9. The normalized spacial score (nSPS) is 15.8. The van der Waals surface area contributed by atoms with Crippen LogP contribution < -0.4 is 20.7 Å². The lowest BCUT2D eigenvalue weighted by atomic mass is 10.2. The number of nitrogens with one attached hydrogen (secondary N) is 3. The van der Waals surface area contributed by atoms with Crippen molar-refractivity contribution in [2.75, 3.05) is 37.4 Å². The van der Waals surface area contributed by atoms with Crippen LogP contribution in [0.2, 0.25) is 0 Å². The van der Waals surface area contributed by atoms with Crippen LogP contribution >= 0.6 is 0 Å². The molecule has 1 fully saturated rings. The average molecular weight is 383 g/mol. The highest BCUT2D eigenvalue weighted by atomic mass is 16.5. The van der Waals surface area contributed by atoms with Crippen molar-refractivity contribution in [1.82, 2.24) is 5.32 Å².